The van der Waals surface area contributed by atoms with E-state index in [4.69, 9.17) is 4.74 Å². The lowest BCUT2D eigenvalue weighted by Crippen LogP contribution is -2.41. The number of piperidine rings is 1. The van der Waals surface area contributed by atoms with E-state index in [0.717, 1.165) is 25.9 Å². The van der Waals surface area contributed by atoms with Crippen LogP contribution in [0.3, 0.4) is 0 Å². The SMILES string of the molecule is CC(C)C(=O)OCC(=O)N1CCC(C(C)C)CC1. The van der Waals surface area contributed by atoms with Crippen LogP contribution in [0.15, 0.2) is 0 Å². The van der Waals surface area contributed by atoms with Crippen molar-refractivity contribution in [1.29, 1.82) is 0 Å². The fourth-order valence-electron chi connectivity index (χ4n) is 2.21. The molecule has 0 bridgehead atoms. The van der Waals surface area contributed by atoms with Gasteiger partial charge in [-0.15, -0.1) is 0 Å². The summed E-state index contributed by atoms with van der Waals surface area (Å²) in [7, 11) is 0. The second kappa shape index (κ2) is 6.76. The number of likely N-dealkylation sites (tertiary alicyclic amines) is 1. The van der Waals surface area contributed by atoms with E-state index in [9.17, 15) is 9.59 Å². The summed E-state index contributed by atoms with van der Waals surface area (Å²) in [5.74, 6) is 0.851. The molecule has 104 valence electrons. The molecule has 1 rings (SSSR count). The average molecular weight is 255 g/mol. The first-order valence-electron chi connectivity index (χ1n) is 6.86. The Bertz CT molecular complexity index is 291. The Morgan fingerprint density at radius 2 is 1.72 bits per heavy atom. The molecule has 1 aliphatic heterocycles. The third-order valence-corrected chi connectivity index (χ3v) is 3.64. The van der Waals surface area contributed by atoms with Gasteiger partial charge in [0, 0.05) is 13.1 Å². The van der Waals surface area contributed by atoms with Gasteiger partial charge in [-0.3, -0.25) is 9.59 Å². The standard InChI is InChI=1S/C14H25NO3/c1-10(2)12-5-7-15(8-6-12)13(16)9-18-14(17)11(3)4/h10-12H,5-9H2,1-4H3. The van der Waals surface area contributed by atoms with E-state index in [0.29, 0.717) is 11.8 Å². The number of hydrogen-bond acceptors (Lipinski definition) is 3. The molecule has 0 saturated carbocycles. The topological polar surface area (TPSA) is 46.6 Å². The Balaban J connectivity index is 2.30. The van der Waals surface area contributed by atoms with Crippen LogP contribution in [0.25, 0.3) is 0 Å². The third-order valence-electron chi connectivity index (χ3n) is 3.64. The molecule has 0 aliphatic carbocycles. The minimum absolute atomic E-state index is 0.0637. The molecule has 18 heavy (non-hydrogen) atoms. The lowest BCUT2D eigenvalue weighted by molar-refractivity contribution is -0.155. The highest BCUT2D eigenvalue weighted by Gasteiger charge is 2.25. The van der Waals surface area contributed by atoms with E-state index in [1.807, 2.05) is 4.90 Å². The van der Waals surface area contributed by atoms with Crippen molar-refractivity contribution in [2.45, 2.75) is 40.5 Å². The number of hydrogen-bond donors (Lipinski definition) is 0. The predicted octanol–water partition coefficient (Wildman–Crippen LogP) is 2.08. The summed E-state index contributed by atoms with van der Waals surface area (Å²) in [5, 5.41) is 0. The Hall–Kier alpha value is -1.06. The molecule has 1 saturated heterocycles. The molecule has 0 aromatic heterocycles. The number of carbonyl (C=O) groups is 2. The average Bonchev–Trinajstić information content (AvgIpc) is 2.35. The van der Waals surface area contributed by atoms with Gasteiger partial charge in [-0.05, 0) is 24.7 Å². The maximum absolute atomic E-state index is 11.9. The summed E-state index contributed by atoms with van der Waals surface area (Å²) in [4.78, 5) is 24.9. The fraction of sp³-hybridized carbons (Fsp3) is 0.857. The van der Waals surface area contributed by atoms with Gasteiger partial charge in [-0.1, -0.05) is 27.7 Å². The molecule has 0 radical (unpaired) electrons. The summed E-state index contributed by atoms with van der Waals surface area (Å²) in [6.07, 6.45) is 2.11. The van der Waals surface area contributed by atoms with Crippen molar-refractivity contribution in [3.05, 3.63) is 0 Å². The van der Waals surface area contributed by atoms with E-state index >= 15 is 0 Å². The number of ether oxygens (including phenoxy) is 1. The van der Waals surface area contributed by atoms with Gasteiger partial charge >= 0.3 is 5.97 Å². The van der Waals surface area contributed by atoms with Gasteiger partial charge in [-0.25, -0.2) is 0 Å². The smallest absolute Gasteiger partial charge is 0.308 e. The molecular weight excluding hydrogens is 230 g/mol. The van der Waals surface area contributed by atoms with Crippen LogP contribution in [0.4, 0.5) is 0 Å². The van der Waals surface area contributed by atoms with Crippen LogP contribution < -0.4 is 0 Å². The van der Waals surface area contributed by atoms with Crippen LogP contribution in [-0.2, 0) is 14.3 Å². The molecule has 0 atom stereocenters. The molecule has 1 aliphatic rings. The molecule has 4 nitrogen and oxygen atoms in total. The molecule has 1 heterocycles. The van der Waals surface area contributed by atoms with E-state index in [1.165, 1.54) is 0 Å². The van der Waals surface area contributed by atoms with Crippen molar-refractivity contribution >= 4 is 11.9 Å². The lowest BCUT2D eigenvalue weighted by atomic mass is 9.87. The van der Waals surface area contributed by atoms with Gasteiger partial charge in [-0.2, -0.15) is 0 Å². The van der Waals surface area contributed by atoms with Crippen LogP contribution in [0, 0.1) is 17.8 Å². The summed E-state index contributed by atoms with van der Waals surface area (Å²) in [6.45, 7) is 9.46. The van der Waals surface area contributed by atoms with Gasteiger partial charge in [0.2, 0.25) is 0 Å². The normalized spacial score (nSPS) is 17.3. The quantitative estimate of drug-likeness (QED) is 0.723. The van der Waals surface area contributed by atoms with Crippen molar-refractivity contribution in [2.75, 3.05) is 19.7 Å². The molecule has 0 aromatic carbocycles. The van der Waals surface area contributed by atoms with Gasteiger partial charge < -0.3 is 9.64 Å². The Morgan fingerprint density at radius 3 is 2.17 bits per heavy atom. The molecule has 1 amide bonds. The Morgan fingerprint density at radius 1 is 1.17 bits per heavy atom. The number of esters is 1. The second-order valence-corrected chi connectivity index (χ2v) is 5.72. The molecular formula is C14H25NO3. The first-order chi connectivity index (χ1) is 8.41. The lowest BCUT2D eigenvalue weighted by Gasteiger charge is -2.33. The molecule has 4 heteroatoms. The number of rotatable bonds is 4. The first kappa shape index (κ1) is 15.0. The van der Waals surface area contributed by atoms with Crippen LogP contribution in [0.5, 0.6) is 0 Å². The van der Waals surface area contributed by atoms with E-state index in [-0.39, 0.29) is 24.4 Å². The molecule has 0 aromatic rings. The maximum Gasteiger partial charge on any atom is 0.308 e. The van der Waals surface area contributed by atoms with Crippen molar-refractivity contribution in [1.82, 2.24) is 4.90 Å². The largest absolute Gasteiger partial charge is 0.455 e. The Kier molecular flexibility index (Phi) is 5.63. The van der Waals surface area contributed by atoms with Crippen molar-refractivity contribution < 1.29 is 14.3 Å². The molecule has 0 spiro atoms. The maximum atomic E-state index is 11.9. The van der Waals surface area contributed by atoms with Gasteiger partial charge in [0.05, 0.1) is 5.92 Å². The van der Waals surface area contributed by atoms with E-state index in [2.05, 4.69) is 13.8 Å². The van der Waals surface area contributed by atoms with Gasteiger partial charge in [0.25, 0.3) is 5.91 Å². The van der Waals surface area contributed by atoms with Gasteiger partial charge in [0.15, 0.2) is 6.61 Å². The van der Waals surface area contributed by atoms with Crippen molar-refractivity contribution in [2.24, 2.45) is 17.8 Å². The van der Waals surface area contributed by atoms with Gasteiger partial charge in [0.1, 0.15) is 0 Å². The summed E-state index contributed by atoms with van der Waals surface area (Å²) < 4.78 is 4.96. The van der Waals surface area contributed by atoms with Crippen LogP contribution in [-0.4, -0.2) is 36.5 Å². The highest BCUT2D eigenvalue weighted by atomic mass is 16.5. The van der Waals surface area contributed by atoms with Crippen molar-refractivity contribution in [3.8, 4) is 0 Å². The van der Waals surface area contributed by atoms with Crippen LogP contribution >= 0.6 is 0 Å². The van der Waals surface area contributed by atoms with Crippen LogP contribution in [0.1, 0.15) is 40.5 Å². The zero-order chi connectivity index (χ0) is 13.7. The van der Waals surface area contributed by atoms with E-state index in [1.54, 1.807) is 13.8 Å². The fourth-order valence-corrected chi connectivity index (χ4v) is 2.21. The highest BCUT2D eigenvalue weighted by molar-refractivity contribution is 5.81. The molecule has 0 N–H and O–H groups in total. The molecule has 1 fully saturated rings. The summed E-state index contributed by atoms with van der Waals surface area (Å²) in [5.41, 5.74) is 0. The minimum Gasteiger partial charge on any atom is -0.455 e. The van der Waals surface area contributed by atoms with Crippen molar-refractivity contribution in [3.63, 3.8) is 0 Å². The van der Waals surface area contributed by atoms with E-state index < -0.39 is 0 Å². The first-order valence-corrected chi connectivity index (χ1v) is 6.86. The number of nitrogens with zero attached hydrogens (tertiary/aromatic N) is 1. The number of amides is 1. The Labute approximate surface area is 110 Å². The number of carbonyl (C=O) groups excluding carboxylic acids is 2. The monoisotopic (exact) mass is 255 g/mol. The predicted molar refractivity (Wildman–Crippen MR) is 69.9 cm³/mol. The second-order valence-electron chi connectivity index (χ2n) is 5.72. The summed E-state index contributed by atoms with van der Waals surface area (Å²) in [6, 6.07) is 0. The summed E-state index contributed by atoms with van der Waals surface area (Å²) >= 11 is 0. The van der Waals surface area contributed by atoms with Crippen LogP contribution in [0.2, 0.25) is 0 Å². The zero-order valence-electron chi connectivity index (χ0n) is 11.9. The third kappa shape index (κ3) is 4.31. The zero-order valence-corrected chi connectivity index (χ0v) is 11.9. The molecule has 0 unspecified atom stereocenters. The highest BCUT2D eigenvalue weighted by Crippen LogP contribution is 2.24. The minimum atomic E-state index is -0.305.